The third-order valence-corrected chi connectivity index (χ3v) is 3.71. The van der Waals surface area contributed by atoms with E-state index < -0.39 is 5.91 Å². The predicted octanol–water partition coefficient (Wildman–Crippen LogP) is 3.34. The number of ether oxygens (including phenoxy) is 2. The highest BCUT2D eigenvalue weighted by molar-refractivity contribution is 5.95. The number of para-hydroxylation sites is 1. The van der Waals surface area contributed by atoms with Crippen LogP contribution in [0.5, 0.6) is 11.5 Å². The summed E-state index contributed by atoms with van der Waals surface area (Å²) in [6.45, 7) is 2.04. The number of benzene rings is 2. The van der Waals surface area contributed by atoms with Crippen LogP contribution in [0.2, 0.25) is 0 Å². The molecule has 0 bridgehead atoms. The first-order valence-corrected chi connectivity index (χ1v) is 7.70. The van der Waals surface area contributed by atoms with Crippen LogP contribution in [0.1, 0.15) is 21.7 Å². The van der Waals surface area contributed by atoms with Gasteiger partial charge in [0.1, 0.15) is 23.8 Å². The number of rotatable bonds is 6. The molecule has 2 aromatic carbocycles. The molecule has 0 saturated carbocycles. The number of carbonyl (C=O) groups excluding carboxylic acids is 1. The third-order valence-electron chi connectivity index (χ3n) is 3.71. The zero-order valence-electron chi connectivity index (χ0n) is 14.0. The molecule has 3 aromatic rings. The molecule has 0 fully saturated rings. The third kappa shape index (κ3) is 3.63. The van der Waals surface area contributed by atoms with Gasteiger partial charge in [0, 0.05) is 11.6 Å². The van der Waals surface area contributed by atoms with Crippen molar-refractivity contribution in [2.24, 2.45) is 5.73 Å². The molecule has 0 radical (unpaired) electrons. The van der Waals surface area contributed by atoms with E-state index in [-0.39, 0.29) is 6.61 Å². The average Bonchev–Trinajstić information content (AvgIpc) is 3.08. The maximum absolute atomic E-state index is 11.5. The molecule has 0 unspecified atom stereocenters. The second-order valence-corrected chi connectivity index (χ2v) is 5.53. The quantitative estimate of drug-likeness (QED) is 0.745. The Hall–Kier alpha value is -3.28. The van der Waals surface area contributed by atoms with Crippen molar-refractivity contribution in [1.82, 2.24) is 5.16 Å². The SMILES string of the molecule is COc1ccccc1-c1cc(COc2cc(C)ccc2C(N)=O)on1. The van der Waals surface area contributed by atoms with E-state index in [0.29, 0.717) is 28.5 Å². The largest absolute Gasteiger partial charge is 0.496 e. The summed E-state index contributed by atoms with van der Waals surface area (Å²) in [6.07, 6.45) is 0. The number of aromatic nitrogens is 1. The van der Waals surface area contributed by atoms with Crippen molar-refractivity contribution in [3.63, 3.8) is 0 Å². The fourth-order valence-corrected chi connectivity index (χ4v) is 2.47. The maximum Gasteiger partial charge on any atom is 0.252 e. The van der Waals surface area contributed by atoms with Crippen LogP contribution < -0.4 is 15.2 Å². The molecule has 0 aliphatic rings. The molecule has 3 rings (SSSR count). The van der Waals surface area contributed by atoms with Crippen LogP contribution in [0, 0.1) is 6.92 Å². The Bertz CT molecular complexity index is 902. The first-order chi connectivity index (χ1) is 12.1. The molecule has 6 nitrogen and oxygen atoms in total. The summed E-state index contributed by atoms with van der Waals surface area (Å²) in [5, 5.41) is 4.06. The van der Waals surface area contributed by atoms with E-state index in [1.807, 2.05) is 31.2 Å². The Balaban J connectivity index is 1.79. The van der Waals surface area contributed by atoms with Crippen molar-refractivity contribution in [1.29, 1.82) is 0 Å². The number of amides is 1. The van der Waals surface area contributed by atoms with Crippen LogP contribution in [0.4, 0.5) is 0 Å². The Morgan fingerprint density at radius 2 is 1.96 bits per heavy atom. The van der Waals surface area contributed by atoms with Gasteiger partial charge in [0.05, 0.1) is 12.7 Å². The van der Waals surface area contributed by atoms with Crippen LogP contribution >= 0.6 is 0 Å². The summed E-state index contributed by atoms with van der Waals surface area (Å²) < 4.78 is 16.4. The van der Waals surface area contributed by atoms with Crippen LogP contribution in [-0.2, 0) is 6.61 Å². The van der Waals surface area contributed by atoms with Crippen LogP contribution in [0.25, 0.3) is 11.3 Å². The smallest absolute Gasteiger partial charge is 0.252 e. The van der Waals surface area contributed by atoms with Crippen molar-refractivity contribution >= 4 is 5.91 Å². The highest BCUT2D eigenvalue weighted by Crippen LogP contribution is 2.29. The van der Waals surface area contributed by atoms with E-state index >= 15 is 0 Å². The molecule has 0 aliphatic carbocycles. The molecule has 0 spiro atoms. The van der Waals surface area contributed by atoms with E-state index in [9.17, 15) is 4.79 Å². The van der Waals surface area contributed by atoms with Gasteiger partial charge in [-0.25, -0.2) is 0 Å². The monoisotopic (exact) mass is 338 g/mol. The maximum atomic E-state index is 11.5. The standard InChI is InChI=1S/C19H18N2O4/c1-12-7-8-15(19(20)22)18(9-12)24-11-13-10-16(21-25-13)14-5-3-4-6-17(14)23-2/h3-10H,11H2,1-2H3,(H2,20,22). The second kappa shape index (κ2) is 7.09. The summed E-state index contributed by atoms with van der Waals surface area (Å²) in [5.41, 5.74) is 8.15. The molecule has 1 amide bonds. The van der Waals surface area contributed by atoms with Gasteiger partial charge >= 0.3 is 0 Å². The van der Waals surface area contributed by atoms with E-state index in [0.717, 1.165) is 11.1 Å². The van der Waals surface area contributed by atoms with E-state index in [4.69, 9.17) is 19.7 Å². The lowest BCUT2D eigenvalue weighted by Gasteiger charge is -2.08. The zero-order chi connectivity index (χ0) is 17.8. The van der Waals surface area contributed by atoms with E-state index in [1.165, 1.54) is 0 Å². The highest BCUT2D eigenvalue weighted by Gasteiger charge is 2.13. The van der Waals surface area contributed by atoms with Gasteiger partial charge in [0.15, 0.2) is 5.76 Å². The molecule has 1 aromatic heterocycles. The van der Waals surface area contributed by atoms with Crippen LogP contribution in [-0.4, -0.2) is 18.2 Å². The number of hydrogen-bond acceptors (Lipinski definition) is 5. The van der Waals surface area contributed by atoms with Crippen molar-refractivity contribution in [3.05, 3.63) is 65.4 Å². The molecular formula is C19H18N2O4. The van der Waals surface area contributed by atoms with Gasteiger partial charge in [0.25, 0.3) is 5.91 Å². The number of hydrogen-bond donors (Lipinski definition) is 1. The number of primary amides is 1. The Morgan fingerprint density at radius 3 is 2.72 bits per heavy atom. The van der Waals surface area contributed by atoms with Gasteiger partial charge in [-0.05, 0) is 36.8 Å². The molecule has 25 heavy (non-hydrogen) atoms. The summed E-state index contributed by atoms with van der Waals surface area (Å²) in [7, 11) is 1.60. The Kier molecular flexibility index (Phi) is 4.70. The fraction of sp³-hybridized carbons (Fsp3) is 0.158. The van der Waals surface area contributed by atoms with Gasteiger partial charge in [-0.1, -0.05) is 23.4 Å². The number of nitrogens with two attached hydrogens (primary N) is 1. The second-order valence-electron chi connectivity index (χ2n) is 5.53. The summed E-state index contributed by atoms with van der Waals surface area (Å²) in [5.74, 6) is 1.11. The minimum Gasteiger partial charge on any atom is -0.496 e. The molecular weight excluding hydrogens is 320 g/mol. The molecule has 0 aliphatic heterocycles. The zero-order valence-corrected chi connectivity index (χ0v) is 14.0. The van der Waals surface area contributed by atoms with Gasteiger partial charge in [-0.2, -0.15) is 0 Å². The number of aryl methyl sites for hydroxylation is 1. The number of carbonyl (C=O) groups is 1. The molecule has 128 valence electrons. The van der Waals surface area contributed by atoms with Gasteiger partial charge < -0.3 is 19.7 Å². The van der Waals surface area contributed by atoms with Gasteiger partial charge in [-0.3, -0.25) is 4.79 Å². The van der Waals surface area contributed by atoms with Crippen molar-refractivity contribution in [3.8, 4) is 22.8 Å². The summed E-state index contributed by atoms with van der Waals surface area (Å²) >= 11 is 0. The van der Waals surface area contributed by atoms with Crippen LogP contribution in [0.15, 0.2) is 53.1 Å². The number of methoxy groups -OCH3 is 1. The molecule has 6 heteroatoms. The lowest BCUT2D eigenvalue weighted by atomic mass is 10.1. The predicted molar refractivity (Wildman–Crippen MR) is 92.5 cm³/mol. The molecule has 0 atom stereocenters. The first kappa shape index (κ1) is 16.6. The minimum atomic E-state index is -0.540. The molecule has 2 N–H and O–H groups in total. The number of nitrogens with zero attached hydrogens (tertiary/aromatic N) is 1. The van der Waals surface area contributed by atoms with E-state index in [1.54, 1.807) is 31.4 Å². The topological polar surface area (TPSA) is 87.6 Å². The summed E-state index contributed by atoms with van der Waals surface area (Å²) in [6, 6.07) is 14.5. The Labute approximate surface area is 145 Å². The van der Waals surface area contributed by atoms with Crippen molar-refractivity contribution in [2.75, 3.05) is 7.11 Å². The highest BCUT2D eigenvalue weighted by atomic mass is 16.5. The lowest BCUT2D eigenvalue weighted by Crippen LogP contribution is -2.13. The lowest BCUT2D eigenvalue weighted by molar-refractivity contribution is 0.0995. The van der Waals surface area contributed by atoms with Crippen LogP contribution in [0.3, 0.4) is 0 Å². The van der Waals surface area contributed by atoms with Gasteiger partial charge in [-0.15, -0.1) is 0 Å². The van der Waals surface area contributed by atoms with Gasteiger partial charge in [0.2, 0.25) is 0 Å². The van der Waals surface area contributed by atoms with Crippen molar-refractivity contribution < 1.29 is 18.8 Å². The summed E-state index contributed by atoms with van der Waals surface area (Å²) in [4.78, 5) is 11.5. The van der Waals surface area contributed by atoms with E-state index in [2.05, 4.69) is 5.16 Å². The minimum absolute atomic E-state index is 0.131. The molecule has 0 saturated heterocycles. The van der Waals surface area contributed by atoms with Crippen molar-refractivity contribution in [2.45, 2.75) is 13.5 Å². The molecule has 1 heterocycles. The first-order valence-electron chi connectivity index (χ1n) is 7.70. The Morgan fingerprint density at radius 1 is 1.16 bits per heavy atom. The average molecular weight is 338 g/mol. The normalized spacial score (nSPS) is 10.5. The fourth-order valence-electron chi connectivity index (χ4n) is 2.47.